The number of amides is 2. The van der Waals surface area contributed by atoms with Crippen molar-refractivity contribution in [3.05, 3.63) is 59.7 Å². The monoisotopic (exact) mass is 439 g/mol. The lowest BCUT2D eigenvalue weighted by atomic mass is 9.95. The Hall–Kier alpha value is -2.93. The van der Waals surface area contributed by atoms with Crippen LogP contribution in [0.3, 0.4) is 0 Å². The van der Waals surface area contributed by atoms with Crippen LogP contribution in [0, 0.1) is 0 Å². The van der Waals surface area contributed by atoms with Gasteiger partial charge in [0.25, 0.3) is 11.8 Å². The molecule has 164 valence electrons. The number of anilines is 1. The first-order valence-electron chi connectivity index (χ1n) is 10.7. The van der Waals surface area contributed by atoms with Gasteiger partial charge in [0.1, 0.15) is 5.75 Å². The van der Waals surface area contributed by atoms with Crippen molar-refractivity contribution in [2.75, 3.05) is 18.6 Å². The van der Waals surface area contributed by atoms with Crippen LogP contribution >= 0.6 is 12.2 Å². The fraction of sp³-hybridized carbons (Fsp3) is 0.375. The van der Waals surface area contributed by atoms with Crippen molar-refractivity contribution in [1.82, 2.24) is 10.6 Å². The van der Waals surface area contributed by atoms with Crippen LogP contribution in [0.25, 0.3) is 0 Å². The molecule has 1 fully saturated rings. The Labute approximate surface area is 189 Å². The first kappa shape index (κ1) is 22.7. The number of carbonyl (C=O) groups is 2. The van der Waals surface area contributed by atoms with E-state index in [4.69, 9.17) is 17.0 Å². The molecule has 3 rings (SSSR count). The molecule has 0 atom stereocenters. The topological polar surface area (TPSA) is 70.7 Å². The van der Waals surface area contributed by atoms with Gasteiger partial charge in [0.15, 0.2) is 5.11 Å². The molecule has 1 aliphatic rings. The Kier molecular flexibility index (Phi) is 8.00. The fourth-order valence-electron chi connectivity index (χ4n) is 3.70. The molecule has 1 aliphatic carbocycles. The van der Waals surface area contributed by atoms with Gasteiger partial charge >= 0.3 is 0 Å². The van der Waals surface area contributed by atoms with E-state index in [9.17, 15) is 9.59 Å². The van der Waals surface area contributed by atoms with Gasteiger partial charge in [-0.1, -0.05) is 31.4 Å². The van der Waals surface area contributed by atoms with Crippen LogP contribution < -0.4 is 20.3 Å². The summed E-state index contributed by atoms with van der Waals surface area (Å²) in [5.41, 5.74) is 1.66. The molecule has 0 heterocycles. The van der Waals surface area contributed by atoms with Gasteiger partial charge in [-0.3, -0.25) is 14.9 Å². The molecule has 6 nitrogen and oxygen atoms in total. The number of thiocarbonyl (C=S) groups is 1. The van der Waals surface area contributed by atoms with Crippen LogP contribution in [0.2, 0.25) is 0 Å². The molecule has 2 N–H and O–H groups in total. The third-order valence-corrected chi connectivity index (χ3v) is 5.78. The van der Waals surface area contributed by atoms with Crippen molar-refractivity contribution in [1.29, 1.82) is 0 Å². The zero-order valence-corrected chi connectivity index (χ0v) is 18.8. The van der Waals surface area contributed by atoms with Gasteiger partial charge < -0.3 is 15.0 Å². The van der Waals surface area contributed by atoms with E-state index < -0.39 is 0 Å². The Morgan fingerprint density at radius 3 is 2.39 bits per heavy atom. The van der Waals surface area contributed by atoms with Crippen LogP contribution in [0.4, 0.5) is 5.69 Å². The number of hydrogen-bond acceptors (Lipinski definition) is 4. The minimum Gasteiger partial charge on any atom is -0.494 e. The molecule has 0 radical (unpaired) electrons. The number of ether oxygens (including phenoxy) is 1. The summed E-state index contributed by atoms with van der Waals surface area (Å²) in [6.07, 6.45) is 5.55. The molecular formula is C24H29N3O3S. The standard InChI is InChI=1S/C24H29N3O3S/c1-3-30-19-15-13-17(14-16-19)22(28)26-24(31)27(2)21-12-8-7-11-20(21)23(29)25-18-9-5-4-6-10-18/h7-8,11-16,18H,3-6,9-10H2,1-2H3,(H,25,29)(H,26,28,31). The molecule has 0 aliphatic heterocycles. The second-order valence-electron chi connectivity index (χ2n) is 7.60. The second kappa shape index (κ2) is 10.9. The van der Waals surface area contributed by atoms with E-state index in [1.54, 1.807) is 42.3 Å². The van der Waals surface area contributed by atoms with E-state index >= 15 is 0 Å². The molecule has 0 spiro atoms. The molecule has 2 aromatic carbocycles. The highest BCUT2D eigenvalue weighted by Crippen LogP contribution is 2.22. The normalized spacial score (nSPS) is 13.9. The number of carbonyl (C=O) groups excluding carboxylic acids is 2. The van der Waals surface area contributed by atoms with E-state index in [1.165, 1.54) is 6.42 Å². The van der Waals surface area contributed by atoms with E-state index in [1.807, 2.05) is 25.1 Å². The molecule has 2 aromatic rings. The SMILES string of the molecule is CCOc1ccc(C(=O)NC(=S)N(C)c2ccccc2C(=O)NC2CCCCC2)cc1. The third kappa shape index (κ3) is 6.04. The van der Waals surface area contributed by atoms with Crippen LogP contribution in [0.1, 0.15) is 59.7 Å². The largest absolute Gasteiger partial charge is 0.494 e. The van der Waals surface area contributed by atoms with Gasteiger partial charge in [0.2, 0.25) is 0 Å². The van der Waals surface area contributed by atoms with Crippen LogP contribution in [0.5, 0.6) is 5.75 Å². The number of hydrogen-bond donors (Lipinski definition) is 2. The minimum absolute atomic E-state index is 0.116. The summed E-state index contributed by atoms with van der Waals surface area (Å²) in [7, 11) is 1.74. The second-order valence-corrected chi connectivity index (χ2v) is 7.99. The summed E-state index contributed by atoms with van der Waals surface area (Å²) in [4.78, 5) is 27.2. The molecule has 2 amide bonds. The predicted octanol–water partition coefficient (Wildman–Crippen LogP) is 4.30. The lowest BCUT2D eigenvalue weighted by Crippen LogP contribution is -2.42. The Morgan fingerprint density at radius 1 is 1.03 bits per heavy atom. The van der Waals surface area contributed by atoms with Crippen LogP contribution in [-0.4, -0.2) is 36.6 Å². The zero-order chi connectivity index (χ0) is 22.2. The van der Waals surface area contributed by atoms with Gasteiger partial charge in [-0.2, -0.15) is 0 Å². The lowest BCUT2D eigenvalue weighted by molar-refractivity contribution is 0.0927. The van der Waals surface area contributed by atoms with E-state index in [0.29, 0.717) is 29.2 Å². The highest BCUT2D eigenvalue weighted by atomic mass is 32.1. The summed E-state index contributed by atoms with van der Waals surface area (Å²) < 4.78 is 5.40. The Morgan fingerprint density at radius 2 is 1.71 bits per heavy atom. The van der Waals surface area contributed by atoms with Crippen molar-refractivity contribution >= 4 is 34.8 Å². The number of nitrogens with one attached hydrogen (secondary N) is 2. The maximum Gasteiger partial charge on any atom is 0.257 e. The summed E-state index contributed by atoms with van der Waals surface area (Å²) in [6.45, 7) is 2.47. The van der Waals surface area contributed by atoms with Crippen molar-refractivity contribution in [3.63, 3.8) is 0 Å². The van der Waals surface area contributed by atoms with E-state index in [0.717, 1.165) is 25.7 Å². The molecule has 0 saturated heterocycles. The van der Waals surface area contributed by atoms with Crippen molar-refractivity contribution in [2.45, 2.75) is 45.1 Å². The predicted molar refractivity (Wildman–Crippen MR) is 127 cm³/mol. The summed E-state index contributed by atoms with van der Waals surface area (Å²) in [6, 6.07) is 14.4. The zero-order valence-electron chi connectivity index (χ0n) is 18.0. The average molecular weight is 440 g/mol. The van der Waals surface area contributed by atoms with Gasteiger partial charge in [-0.05, 0) is 68.4 Å². The molecule has 0 aromatic heterocycles. The van der Waals surface area contributed by atoms with Crippen molar-refractivity contribution < 1.29 is 14.3 Å². The summed E-state index contributed by atoms with van der Waals surface area (Å²) in [5, 5.41) is 6.10. The highest BCUT2D eigenvalue weighted by molar-refractivity contribution is 7.80. The number of para-hydroxylation sites is 1. The number of nitrogens with zero attached hydrogens (tertiary/aromatic N) is 1. The molecule has 7 heteroatoms. The van der Waals surface area contributed by atoms with Gasteiger partial charge in [0.05, 0.1) is 17.9 Å². The maximum absolute atomic E-state index is 12.9. The fourth-order valence-corrected chi connectivity index (χ4v) is 3.89. The van der Waals surface area contributed by atoms with E-state index in [-0.39, 0.29) is 23.0 Å². The van der Waals surface area contributed by atoms with E-state index in [2.05, 4.69) is 10.6 Å². The number of benzene rings is 2. The Bertz CT molecular complexity index is 924. The number of rotatable bonds is 6. The van der Waals surface area contributed by atoms with Gasteiger partial charge in [-0.25, -0.2) is 0 Å². The lowest BCUT2D eigenvalue weighted by Gasteiger charge is -2.26. The van der Waals surface area contributed by atoms with Crippen molar-refractivity contribution in [2.24, 2.45) is 0 Å². The quantitative estimate of drug-likeness (QED) is 0.657. The third-order valence-electron chi connectivity index (χ3n) is 5.40. The van der Waals surface area contributed by atoms with Crippen molar-refractivity contribution in [3.8, 4) is 5.75 Å². The Balaban J connectivity index is 1.67. The minimum atomic E-state index is -0.316. The van der Waals surface area contributed by atoms with Crippen LogP contribution in [0.15, 0.2) is 48.5 Å². The molecule has 0 unspecified atom stereocenters. The molecule has 0 bridgehead atoms. The molecular weight excluding hydrogens is 410 g/mol. The maximum atomic E-state index is 12.9. The molecule has 31 heavy (non-hydrogen) atoms. The smallest absolute Gasteiger partial charge is 0.257 e. The summed E-state index contributed by atoms with van der Waals surface area (Å²) in [5.74, 6) is 0.274. The first-order valence-corrected chi connectivity index (χ1v) is 11.1. The average Bonchev–Trinajstić information content (AvgIpc) is 2.80. The first-order chi connectivity index (χ1) is 15.0. The molecule has 1 saturated carbocycles. The van der Waals surface area contributed by atoms with Gasteiger partial charge in [0, 0.05) is 18.7 Å². The van der Waals surface area contributed by atoms with Gasteiger partial charge in [-0.15, -0.1) is 0 Å². The summed E-state index contributed by atoms with van der Waals surface area (Å²) >= 11 is 5.45. The van der Waals surface area contributed by atoms with Crippen LogP contribution in [-0.2, 0) is 0 Å². The highest BCUT2D eigenvalue weighted by Gasteiger charge is 2.21.